The van der Waals surface area contributed by atoms with Crippen LogP contribution in [0.2, 0.25) is 0 Å². The SMILES string of the molecule is Cc1ccc(Cn2cnc(NC(=O)c3cc(C(F)(F)F)[nH]n3)n2)cc1. The Morgan fingerprint density at radius 2 is 2.00 bits per heavy atom. The molecule has 0 aliphatic rings. The Kier molecular flexibility index (Phi) is 4.26. The van der Waals surface area contributed by atoms with Crippen LogP contribution in [0.25, 0.3) is 0 Å². The van der Waals surface area contributed by atoms with Crippen LogP contribution in [-0.4, -0.2) is 30.9 Å². The highest BCUT2D eigenvalue weighted by molar-refractivity contribution is 6.01. The minimum absolute atomic E-state index is 0.0197. The third kappa shape index (κ3) is 4.03. The van der Waals surface area contributed by atoms with E-state index in [0.717, 1.165) is 11.1 Å². The van der Waals surface area contributed by atoms with Crippen LogP contribution in [0.15, 0.2) is 36.7 Å². The highest BCUT2D eigenvalue weighted by atomic mass is 19.4. The Morgan fingerprint density at radius 1 is 1.28 bits per heavy atom. The summed E-state index contributed by atoms with van der Waals surface area (Å²) in [5.41, 5.74) is 0.626. The van der Waals surface area contributed by atoms with Gasteiger partial charge in [0, 0.05) is 6.07 Å². The molecule has 0 radical (unpaired) electrons. The molecule has 0 bridgehead atoms. The number of benzene rings is 1. The second kappa shape index (κ2) is 6.38. The summed E-state index contributed by atoms with van der Waals surface area (Å²) >= 11 is 0. The van der Waals surface area contributed by atoms with Gasteiger partial charge in [-0.3, -0.25) is 15.2 Å². The molecule has 25 heavy (non-hydrogen) atoms. The number of aryl methyl sites for hydroxylation is 1. The van der Waals surface area contributed by atoms with Gasteiger partial charge in [-0.25, -0.2) is 9.67 Å². The molecule has 130 valence electrons. The van der Waals surface area contributed by atoms with Gasteiger partial charge < -0.3 is 0 Å². The summed E-state index contributed by atoms with van der Waals surface area (Å²) in [6.07, 6.45) is -3.18. The molecule has 0 unspecified atom stereocenters. The van der Waals surface area contributed by atoms with Gasteiger partial charge >= 0.3 is 6.18 Å². The van der Waals surface area contributed by atoms with E-state index in [9.17, 15) is 18.0 Å². The molecule has 0 atom stereocenters. The lowest BCUT2D eigenvalue weighted by molar-refractivity contribution is -0.141. The Bertz CT molecular complexity index is 881. The Balaban J connectivity index is 1.65. The highest BCUT2D eigenvalue weighted by Gasteiger charge is 2.33. The van der Waals surface area contributed by atoms with Crippen molar-refractivity contribution in [3.8, 4) is 0 Å². The van der Waals surface area contributed by atoms with Crippen molar-refractivity contribution in [1.82, 2.24) is 25.0 Å². The molecule has 1 amide bonds. The molecular weight excluding hydrogens is 337 g/mol. The number of aromatic nitrogens is 5. The molecule has 3 aromatic rings. The predicted octanol–water partition coefficient (Wildman–Crippen LogP) is 2.63. The summed E-state index contributed by atoms with van der Waals surface area (Å²) in [6.45, 7) is 2.43. The first kappa shape index (κ1) is 16.7. The van der Waals surface area contributed by atoms with Gasteiger partial charge in [0.25, 0.3) is 5.91 Å². The molecule has 2 heterocycles. The molecular formula is C15H13F3N6O. The molecule has 0 spiro atoms. The lowest BCUT2D eigenvalue weighted by atomic mass is 10.1. The number of halogens is 3. The monoisotopic (exact) mass is 350 g/mol. The fourth-order valence-corrected chi connectivity index (χ4v) is 2.06. The molecule has 1 aromatic carbocycles. The van der Waals surface area contributed by atoms with Crippen LogP contribution in [-0.2, 0) is 12.7 Å². The number of H-pyrrole nitrogens is 1. The van der Waals surface area contributed by atoms with Gasteiger partial charge in [0.15, 0.2) is 5.69 Å². The van der Waals surface area contributed by atoms with Crippen molar-refractivity contribution in [2.24, 2.45) is 0 Å². The largest absolute Gasteiger partial charge is 0.432 e. The van der Waals surface area contributed by atoms with Crippen LogP contribution in [0.4, 0.5) is 19.1 Å². The maximum atomic E-state index is 12.5. The van der Waals surface area contributed by atoms with Crippen molar-refractivity contribution >= 4 is 11.9 Å². The Morgan fingerprint density at radius 3 is 2.64 bits per heavy atom. The molecule has 0 saturated carbocycles. The Labute approximate surface area is 139 Å². The number of hydrogen-bond acceptors (Lipinski definition) is 4. The zero-order chi connectivity index (χ0) is 18.0. The first-order chi connectivity index (χ1) is 11.8. The second-order valence-corrected chi connectivity index (χ2v) is 5.37. The van der Waals surface area contributed by atoms with Gasteiger partial charge in [0.2, 0.25) is 5.95 Å². The van der Waals surface area contributed by atoms with Crippen molar-refractivity contribution in [3.63, 3.8) is 0 Å². The Hall–Kier alpha value is -3.17. The van der Waals surface area contributed by atoms with Gasteiger partial charge in [-0.1, -0.05) is 29.8 Å². The minimum Gasteiger partial charge on any atom is -0.288 e. The second-order valence-electron chi connectivity index (χ2n) is 5.37. The third-order valence-electron chi connectivity index (χ3n) is 3.34. The number of alkyl halides is 3. The fraction of sp³-hybridized carbons (Fsp3) is 0.200. The summed E-state index contributed by atoms with van der Waals surface area (Å²) in [5.74, 6) is -0.853. The van der Waals surface area contributed by atoms with E-state index in [1.54, 1.807) is 5.10 Å². The van der Waals surface area contributed by atoms with E-state index in [4.69, 9.17) is 0 Å². The van der Waals surface area contributed by atoms with E-state index < -0.39 is 23.5 Å². The van der Waals surface area contributed by atoms with E-state index in [1.807, 2.05) is 31.2 Å². The molecule has 3 rings (SSSR count). The number of aromatic amines is 1. The highest BCUT2D eigenvalue weighted by Crippen LogP contribution is 2.27. The van der Waals surface area contributed by atoms with Crippen molar-refractivity contribution < 1.29 is 18.0 Å². The van der Waals surface area contributed by atoms with Gasteiger partial charge in [-0.05, 0) is 12.5 Å². The summed E-state index contributed by atoms with van der Waals surface area (Å²) in [6, 6.07) is 8.43. The van der Waals surface area contributed by atoms with Crippen LogP contribution in [0.1, 0.15) is 27.3 Å². The van der Waals surface area contributed by atoms with E-state index in [0.29, 0.717) is 12.6 Å². The predicted molar refractivity (Wildman–Crippen MR) is 81.8 cm³/mol. The van der Waals surface area contributed by atoms with Crippen molar-refractivity contribution in [3.05, 3.63) is 59.2 Å². The molecule has 7 nitrogen and oxygen atoms in total. The number of nitrogens with zero attached hydrogens (tertiary/aromatic N) is 4. The smallest absolute Gasteiger partial charge is 0.288 e. The van der Waals surface area contributed by atoms with Crippen molar-refractivity contribution in [2.45, 2.75) is 19.6 Å². The normalized spacial score (nSPS) is 11.5. The van der Waals surface area contributed by atoms with Crippen LogP contribution < -0.4 is 5.32 Å². The topological polar surface area (TPSA) is 88.5 Å². The average Bonchev–Trinajstić information content (AvgIpc) is 3.19. The molecule has 0 fully saturated rings. The van der Waals surface area contributed by atoms with Crippen LogP contribution in [0, 0.1) is 6.92 Å². The van der Waals surface area contributed by atoms with Crippen molar-refractivity contribution in [2.75, 3.05) is 5.32 Å². The zero-order valence-corrected chi connectivity index (χ0v) is 13.0. The number of carbonyl (C=O) groups is 1. The zero-order valence-electron chi connectivity index (χ0n) is 13.0. The van der Waals surface area contributed by atoms with E-state index in [-0.39, 0.29) is 5.95 Å². The van der Waals surface area contributed by atoms with Gasteiger partial charge in [0.05, 0.1) is 6.54 Å². The quantitative estimate of drug-likeness (QED) is 0.757. The lowest BCUT2D eigenvalue weighted by Gasteiger charge is -2.01. The summed E-state index contributed by atoms with van der Waals surface area (Å²) in [4.78, 5) is 15.8. The fourth-order valence-electron chi connectivity index (χ4n) is 2.06. The molecule has 2 N–H and O–H groups in total. The number of amides is 1. The molecule has 0 aliphatic heterocycles. The van der Waals surface area contributed by atoms with Gasteiger partial charge in [-0.15, -0.1) is 5.10 Å². The first-order valence-corrected chi connectivity index (χ1v) is 7.20. The number of nitrogens with one attached hydrogen (secondary N) is 2. The summed E-state index contributed by atoms with van der Waals surface area (Å²) < 4.78 is 39.0. The van der Waals surface area contributed by atoms with Crippen molar-refractivity contribution in [1.29, 1.82) is 0 Å². The molecule has 10 heteroatoms. The molecule has 0 saturated heterocycles. The van der Waals surface area contributed by atoms with Crippen LogP contribution in [0.3, 0.4) is 0 Å². The van der Waals surface area contributed by atoms with Crippen LogP contribution in [0.5, 0.6) is 0 Å². The maximum absolute atomic E-state index is 12.5. The van der Waals surface area contributed by atoms with E-state index in [2.05, 4.69) is 20.5 Å². The maximum Gasteiger partial charge on any atom is 0.432 e. The first-order valence-electron chi connectivity index (χ1n) is 7.20. The lowest BCUT2D eigenvalue weighted by Crippen LogP contribution is -2.14. The molecule has 2 aromatic heterocycles. The third-order valence-corrected chi connectivity index (χ3v) is 3.34. The molecule has 0 aliphatic carbocycles. The number of hydrogen-bond donors (Lipinski definition) is 2. The number of carbonyl (C=O) groups excluding carboxylic acids is 1. The van der Waals surface area contributed by atoms with E-state index in [1.165, 1.54) is 11.0 Å². The van der Waals surface area contributed by atoms with Gasteiger partial charge in [-0.2, -0.15) is 18.3 Å². The van der Waals surface area contributed by atoms with Gasteiger partial charge in [0.1, 0.15) is 12.0 Å². The number of rotatable bonds is 4. The standard InChI is InChI=1S/C15H13F3N6O/c1-9-2-4-10(5-3-9)7-24-8-19-14(23-24)20-13(25)11-6-12(22-21-11)15(16,17)18/h2-6,8H,7H2,1H3,(H,21,22)(H,20,23,25). The average molecular weight is 350 g/mol. The number of anilines is 1. The van der Waals surface area contributed by atoms with Crippen LogP contribution >= 0.6 is 0 Å². The summed E-state index contributed by atoms with van der Waals surface area (Å²) in [5, 5.41) is 11.5. The minimum atomic E-state index is -4.60. The summed E-state index contributed by atoms with van der Waals surface area (Å²) in [7, 11) is 0. The van der Waals surface area contributed by atoms with E-state index >= 15 is 0 Å².